The van der Waals surface area contributed by atoms with Gasteiger partial charge in [-0.1, -0.05) is 0 Å². The van der Waals surface area contributed by atoms with Gasteiger partial charge >= 0.3 is 5.69 Å². The van der Waals surface area contributed by atoms with E-state index in [1.807, 2.05) is 11.8 Å². The normalized spacial score (nSPS) is 21.9. The average molecular weight is 288 g/mol. The molecule has 7 heteroatoms. The molecule has 0 spiro atoms. The standard InChI is InChI=1S/C11H16N2O3S2/c1-7-6-17-4-3-12(7)11-9(13(15)16)5-10(18-11)8(2)14/h5,7-8,14H,3-4,6H2,1-2H3/t7?,8-/m0/s1. The van der Waals surface area contributed by atoms with E-state index in [1.165, 1.54) is 17.4 Å². The number of thioether (sulfide) groups is 1. The molecule has 0 aliphatic carbocycles. The molecule has 0 bridgehead atoms. The van der Waals surface area contributed by atoms with Crippen LogP contribution in [0.5, 0.6) is 0 Å². The molecule has 1 fully saturated rings. The molecule has 1 N–H and O–H groups in total. The van der Waals surface area contributed by atoms with Crippen molar-refractivity contribution in [2.45, 2.75) is 26.0 Å². The zero-order valence-electron chi connectivity index (χ0n) is 10.3. The van der Waals surface area contributed by atoms with Crippen molar-refractivity contribution in [1.82, 2.24) is 0 Å². The zero-order chi connectivity index (χ0) is 13.3. The van der Waals surface area contributed by atoms with Crippen LogP contribution in [0.25, 0.3) is 0 Å². The first-order chi connectivity index (χ1) is 8.50. The highest BCUT2D eigenvalue weighted by atomic mass is 32.2. The first-order valence-electron chi connectivity index (χ1n) is 5.81. The van der Waals surface area contributed by atoms with E-state index in [0.29, 0.717) is 15.9 Å². The summed E-state index contributed by atoms with van der Waals surface area (Å²) >= 11 is 3.20. The van der Waals surface area contributed by atoms with Crippen molar-refractivity contribution in [3.05, 3.63) is 21.1 Å². The Hall–Kier alpha value is -0.790. The van der Waals surface area contributed by atoms with Crippen molar-refractivity contribution in [3.63, 3.8) is 0 Å². The van der Waals surface area contributed by atoms with Gasteiger partial charge in [-0.3, -0.25) is 10.1 Å². The molecular weight excluding hydrogens is 272 g/mol. The van der Waals surface area contributed by atoms with Crippen LogP contribution < -0.4 is 4.90 Å². The molecule has 1 unspecified atom stereocenters. The molecule has 5 nitrogen and oxygen atoms in total. The Bertz CT molecular complexity index is 447. The summed E-state index contributed by atoms with van der Waals surface area (Å²) in [5.41, 5.74) is 0.120. The van der Waals surface area contributed by atoms with E-state index in [2.05, 4.69) is 11.8 Å². The molecule has 2 rings (SSSR count). The summed E-state index contributed by atoms with van der Waals surface area (Å²) in [6.07, 6.45) is -0.656. The number of hydrogen-bond donors (Lipinski definition) is 1. The number of nitrogens with zero attached hydrogens (tertiary/aromatic N) is 2. The van der Waals surface area contributed by atoms with Gasteiger partial charge in [0.1, 0.15) is 0 Å². The van der Waals surface area contributed by atoms with Gasteiger partial charge in [-0.05, 0) is 13.8 Å². The fraction of sp³-hybridized carbons (Fsp3) is 0.636. The maximum Gasteiger partial charge on any atom is 0.304 e. The van der Waals surface area contributed by atoms with Crippen molar-refractivity contribution in [3.8, 4) is 0 Å². The van der Waals surface area contributed by atoms with Gasteiger partial charge in [0, 0.05) is 35.0 Å². The smallest absolute Gasteiger partial charge is 0.304 e. The fourth-order valence-corrected chi connectivity index (χ4v) is 4.17. The fourth-order valence-electron chi connectivity index (χ4n) is 1.96. The molecule has 0 amide bonds. The van der Waals surface area contributed by atoms with Crippen molar-refractivity contribution in [2.75, 3.05) is 23.0 Å². The Morgan fingerprint density at radius 3 is 2.94 bits per heavy atom. The van der Waals surface area contributed by atoms with Crippen molar-refractivity contribution in [2.24, 2.45) is 0 Å². The lowest BCUT2D eigenvalue weighted by Crippen LogP contribution is -2.40. The molecule has 100 valence electrons. The van der Waals surface area contributed by atoms with Gasteiger partial charge in [-0.15, -0.1) is 11.3 Å². The zero-order valence-corrected chi connectivity index (χ0v) is 12.0. The summed E-state index contributed by atoms with van der Waals surface area (Å²) in [5.74, 6) is 1.97. The van der Waals surface area contributed by atoms with Crippen LogP contribution in [0.3, 0.4) is 0 Å². The molecule has 2 heterocycles. The van der Waals surface area contributed by atoms with E-state index in [4.69, 9.17) is 0 Å². The summed E-state index contributed by atoms with van der Waals surface area (Å²) in [5, 5.41) is 21.4. The molecule has 1 aromatic rings. The maximum atomic E-state index is 11.1. The van der Waals surface area contributed by atoms with Gasteiger partial charge in [0.05, 0.1) is 11.0 Å². The number of rotatable bonds is 3. The van der Waals surface area contributed by atoms with Crippen LogP contribution in [-0.2, 0) is 0 Å². The minimum Gasteiger partial charge on any atom is -0.388 e. The van der Waals surface area contributed by atoms with E-state index in [1.54, 1.807) is 6.92 Å². The van der Waals surface area contributed by atoms with Gasteiger partial charge in [0.25, 0.3) is 0 Å². The lowest BCUT2D eigenvalue weighted by atomic mass is 10.3. The van der Waals surface area contributed by atoms with Gasteiger partial charge in [0.15, 0.2) is 5.00 Å². The summed E-state index contributed by atoms with van der Waals surface area (Å²) < 4.78 is 0. The molecule has 0 saturated carbocycles. The molecule has 1 aliphatic heterocycles. The van der Waals surface area contributed by atoms with Gasteiger partial charge < -0.3 is 10.0 Å². The Morgan fingerprint density at radius 1 is 1.67 bits per heavy atom. The van der Waals surface area contributed by atoms with E-state index in [9.17, 15) is 15.2 Å². The van der Waals surface area contributed by atoms with E-state index in [-0.39, 0.29) is 10.6 Å². The van der Waals surface area contributed by atoms with Crippen molar-refractivity contribution >= 4 is 33.8 Å². The molecule has 18 heavy (non-hydrogen) atoms. The maximum absolute atomic E-state index is 11.1. The average Bonchev–Trinajstić information content (AvgIpc) is 2.74. The summed E-state index contributed by atoms with van der Waals surface area (Å²) in [6, 6.07) is 1.79. The summed E-state index contributed by atoms with van der Waals surface area (Å²) in [6.45, 7) is 4.54. The summed E-state index contributed by atoms with van der Waals surface area (Å²) in [4.78, 5) is 13.5. The molecule has 1 saturated heterocycles. The Kier molecular flexibility index (Phi) is 4.14. The second-order valence-corrected chi connectivity index (χ2v) is 6.60. The number of hydrogen-bond acceptors (Lipinski definition) is 6. The summed E-state index contributed by atoms with van der Waals surface area (Å²) in [7, 11) is 0. The Balaban J connectivity index is 2.38. The molecule has 1 aromatic heterocycles. The predicted molar refractivity (Wildman–Crippen MR) is 75.7 cm³/mol. The lowest BCUT2D eigenvalue weighted by Gasteiger charge is -2.33. The van der Waals surface area contributed by atoms with Crippen LogP contribution >= 0.6 is 23.1 Å². The highest BCUT2D eigenvalue weighted by Crippen LogP contribution is 2.42. The predicted octanol–water partition coefficient (Wildman–Crippen LogP) is 2.65. The molecule has 2 atom stereocenters. The molecule has 0 aromatic carbocycles. The van der Waals surface area contributed by atoms with Crippen molar-refractivity contribution < 1.29 is 10.0 Å². The van der Waals surface area contributed by atoms with Gasteiger partial charge in [-0.2, -0.15) is 11.8 Å². The van der Waals surface area contributed by atoms with Crippen LogP contribution in [0.15, 0.2) is 6.07 Å². The number of thiophene rings is 1. The lowest BCUT2D eigenvalue weighted by molar-refractivity contribution is -0.383. The highest BCUT2D eigenvalue weighted by molar-refractivity contribution is 7.99. The topological polar surface area (TPSA) is 66.6 Å². The largest absolute Gasteiger partial charge is 0.388 e. The number of nitro groups is 1. The second kappa shape index (κ2) is 5.46. The number of aliphatic hydroxyl groups is 1. The van der Waals surface area contributed by atoms with E-state index < -0.39 is 6.10 Å². The van der Waals surface area contributed by atoms with E-state index in [0.717, 1.165) is 18.1 Å². The molecule has 1 aliphatic rings. The molecular formula is C11H16N2O3S2. The van der Waals surface area contributed by atoms with Crippen LogP contribution in [-0.4, -0.2) is 34.1 Å². The monoisotopic (exact) mass is 288 g/mol. The van der Waals surface area contributed by atoms with Gasteiger partial charge in [0.2, 0.25) is 0 Å². The minimum atomic E-state index is -0.656. The van der Waals surface area contributed by atoms with Gasteiger partial charge in [-0.25, -0.2) is 0 Å². The first kappa shape index (κ1) is 13.6. The first-order valence-corrected chi connectivity index (χ1v) is 7.78. The third-order valence-corrected chi connectivity index (χ3v) is 5.47. The van der Waals surface area contributed by atoms with Crippen LogP contribution in [0.4, 0.5) is 10.7 Å². The van der Waals surface area contributed by atoms with Crippen LogP contribution in [0, 0.1) is 10.1 Å². The minimum absolute atomic E-state index is 0.120. The third-order valence-electron chi connectivity index (χ3n) is 2.95. The molecule has 0 radical (unpaired) electrons. The highest BCUT2D eigenvalue weighted by Gasteiger charge is 2.29. The Morgan fingerprint density at radius 2 is 2.39 bits per heavy atom. The van der Waals surface area contributed by atoms with Crippen molar-refractivity contribution in [1.29, 1.82) is 0 Å². The second-order valence-electron chi connectivity index (χ2n) is 4.39. The SMILES string of the molecule is CC1CSCCN1c1sc([C@H](C)O)cc1[N+](=O)[O-]. The van der Waals surface area contributed by atoms with Crippen LogP contribution in [0.2, 0.25) is 0 Å². The Labute approximate surface area is 114 Å². The van der Waals surface area contributed by atoms with Crippen LogP contribution in [0.1, 0.15) is 24.8 Å². The number of aliphatic hydroxyl groups excluding tert-OH is 1. The van der Waals surface area contributed by atoms with E-state index >= 15 is 0 Å². The number of anilines is 1. The third kappa shape index (κ3) is 2.62. The quantitative estimate of drug-likeness (QED) is 0.684.